The van der Waals surface area contributed by atoms with Gasteiger partial charge < -0.3 is 30.3 Å². The molecule has 1 aliphatic heterocycles. The number of nitrogens with zero attached hydrogens (tertiary/aromatic N) is 1. The standard InChI is InChI=1S/C19H22N4O5S/c1-3-20-18(25)21-13-4-5-15-12(10-13)11-23(7-8-28-15)19(26)22-14-6-9-29-16(14)17(24)27-2/h4-6,9-10H,3,7-8,11H2,1-2H3,(H,22,26)(H2,20,21,25). The SMILES string of the molecule is CCNC(=O)Nc1ccc2c(c1)CN(C(=O)Nc1ccsc1C(=O)OC)CCO2. The smallest absolute Gasteiger partial charge is 0.350 e. The zero-order valence-electron chi connectivity index (χ0n) is 16.1. The summed E-state index contributed by atoms with van der Waals surface area (Å²) in [6, 6.07) is 6.30. The summed E-state index contributed by atoms with van der Waals surface area (Å²) in [7, 11) is 1.29. The van der Waals surface area contributed by atoms with Crippen LogP contribution < -0.4 is 20.7 Å². The van der Waals surface area contributed by atoms with Crippen molar-refractivity contribution in [3.63, 3.8) is 0 Å². The number of benzene rings is 1. The molecule has 1 aromatic carbocycles. The summed E-state index contributed by atoms with van der Waals surface area (Å²) in [5, 5.41) is 9.88. The average molecular weight is 418 g/mol. The van der Waals surface area contributed by atoms with Crippen molar-refractivity contribution >= 4 is 40.7 Å². The Bertz CT molecular complexity index is 914. The minimum Gasteiger partial charge on any atom is -0.491 e. The van der Waals surface area contributed by atoms with E-state index >= 15 is 0 Å². The summed E-state index contributed by atoms with van der Waals surface area (Å²) in [5.74, 6) is 0.161. The largest absolute Gasteiger partial charge is 0.491 e. The van der Waals surface area contributed by atoms with Gasteiger partial charge in [0.1, 0.15) is 17.2 Å². The second-order valence-electron chi connectivity index (χ2n) is 6.16. The maximum Gasteiger partial charge on any atom is 0.350 e. The van der Waals surface area contributed by atoms with Gasteiger partial charge in [-0.1, -0.05) is 0 Å². The van der Waals surface area contributed by atoms with Gasteiger partial charge in [0.2, 0.25) is 0 Å². The number of urea groups is 2. The Morgan fingerprint density at radius 2 is 2.07 bits per heavy atom. The highest BCUT2D eigenvalue weighted by Crippen LogP contribution is 2.28. The van der Waals surface area contributed by atoms with Crippen molar-refractivity contribution in [2.24, 2.45) is 0 Å². The van der Waals surface area contributed by atoms with Crippen molar-refractivity contribution in [2.75, 3.05) is 37.4 Å². The molecule has 9 nitrogen and oxygen atoms in total. The van der Waals surface area contributed by atoms with Crippen molar-refractivity contribution < 1.29 is 23.9 Å². The lowest BCUT2D eigenvalue weighted by Gasteiger charge is -2.20. The first kappa shape index (κ1) is 20.5. The quantitative estimate of drug-likeness (QED) is 0.661. The van der Waals surface area contributed by atoms with Crippen LogP contribution in [0.25, 0.3) is 0 Å². The Kier molecular flexibility index (Phi) is 6.55. The van der Waals surface area contributed by atoms with E-state index in [2.05, 4.69) is 16.0 Å². The third kappa shape index (κ3) is 4.96. The monoisotopic (exact) mass is 418 g/mol. The summed E-state index contributed by atoms with van der Waals surface area (Å²) in [5.41, 5.74) is 1.78. The van der Waals surface area contributed by atoms with Gasteiger partial charge in [0.25, 0.3) is 0 Å². The molecule has 154 valence electrons. The van der Waals surface area contributed by atoms with Gasteiger partial charge in [0.15, 0.2) is 0 Å². The number of ether oxygens (including phenoxy) is 2. The minimum absolute atomic E-state index is 0.295. The molecule has 0 aliphatic carbocycles. The van der Waals surface area contributed by atoms with E-state index in [1.54, 1.807) is 34.5 Å². The van der Waals surface area contributed by atoms with Gasteiger partial charge in [0, 0.05) is 17.8 Å². The highest BCUT2D eigenvalue weighted by molar-refractivity contribution is 7.12. The van der Waals surface area contributed by atoms with Gasteiger partial charge >= 0.3 is 18.0 Å². The van der Waals surface area contributed by atoms with E-state index in [-0.39, 0.29) is 12.1 Å². The second-order valence-corrected chi connectivity index (χ2v) is 7.08. The summed E-state index contributed by atoms with van der Waals surface area (Å²) in [6.07, 6.45) is 0. The molecular weight excluding hydrogens is 396 g/mol. The number of fused-ring (bicyclic) bond motifs is 1. The van der Waals surface area contributed by atoms with E-state index in [0.29, 0.717) is 48.2 Å². The second kappa shape index (κ2) is 9.28. The molecule has 0 fully saturated rings. The molecule has 3 N–H and O–H groups in total. The molecule has 2 heterocycles. The van der Waals surface area contributed by atoms with E-state index in [1.165, 1.54) is 18.4 Å². The first-order valence-electron chi connectivity index (χ1n) is 9.04. The highest BCUT2D eigenvalue weighted by atomic mass is 32.1. The molecule has 1 aliphatic rings. The number of nitrogens with one attached hydrogen (secondary N) is 3. The zero-order valence-corrected chi connectivity index (χ0v) is 16.9. The number of rotatable bonds is 4. The number of amides is 4. The summed E-state index contributed by atoms with van der Waals surface area (Å²) < 4.78 is 10.5. The first-order valence-corrected chi connectivity index (χ1v) is 9.92. The van der Waals surface area contributed by atoms with Crippen LogP contribution >= 0.6 is 11.3 Å². The topological polar surface area (TPSA) is 109 Å². The normalized spacial score (nSPS) is 12.8. The number of hydrogen-bond donors (Lipinski definition) is 3. The van der Waals surface area contributed by atoms with E-state index in [4.69, 9.17) is 9.47 Å². The average Bonchev–Trinajstić information content (AvgIpc) is 3.05. The molecule has 10 heteroatoms. The van der Waals surface area contributed by atoms with E-state index in [1.807, 2.05) is 6.92 Å². The van der Waals surface area contributed by atoms with Gasteiger partial charge in [-0.3, -0.25) is 0 Å². The van der Waals surface area contributed by atoms with Crippen LogP contribution in [0.2, 0.25) is 0 Å². The van der Waals surface area contributed by atoms with Crippen LogP contribution in [0, 0.1) is 0 Å². The molecule has 4 amide bonds. The Hall–Kier alpha value is -3.27. The van der Waals surface area contributed by atoms with Crippen LogP contribution in [-0.2, 0) is 11.3 Å². The van der Waals surface area contributed by atoms with Gasteiger partial charge in [0.05, 0.1) is 25.9 Å². The summed E-state index contributed by atoms with van der Waals surface area (Å²) in [4.78, 5) is 38.2. The maximum atomic E-state index is 12.8. The zero-order chi connectivity index (χ0) is 20.8. The van der Waals surface area contributed by atoms with Crippen LogP contribution in [0.1, 0.15) is 22.2 Å². The summed E-state index contributed by atoms with van der Waals surface area (Å²) in [6.45, 7) is 3.35. The molecule has 3 rings (SSSR count). The Labute approximate surface area is 172 Å². The Balaban J connectivity index is 1.73. The fraction of sp³-hybridized carbons (Fsp3) is 0.316. The van der Waals surface area contributed by atoms with Crippen molar-refractivity contribution in [3.8, 4) is 5.75 Å². The molecule has 0 saturated heterocycles. The fourth-order valence-electron chi connectivity index (χ4n) is 2.83. The van der Waals surface area contributed by atoms with Crippen molar-refractivity contribution in [1.82, 2.24) is 10.2 Å². The van der Waals surface area contributed by atoms with Crippen LogP contribution in [0.4, 0.5) is 21.0 Å². The van der Waals surface area contributed by atoms with E-state index in [0.717, 1.165) is 5.56 Å². The third-order valence-corrected chi connectivity index (χ3v) is 5.09. The lowest BCUT2D eigenvalue weighted by atomic mass is 10.1. The van der Waals surface area contributed by atoms with Crippen molar-refractivity contribution in [2.45, 2.75) is 13.5 Å². The maximum absolute atomic E-state index is 12.8. The molecule has 0 bridgehead atoms. The predicted octanol–water partition coefficient (Wildman–Crippen LogP) is 3.10. The predicted molar refractivity (Wildman–Crippen MR) is 110 cm³/mol. The van der Waals surface area contributed by atoms with Crippen LogP contribution in [-0.4, -0.2) is 49.7 Å². The van der Waals surface area contributed by atoms with Gasteiger partial charge in [-0.2, -0.15) is 0 Å². The lowest BCUT2D eigenvalue weighted by Crippen LogP contribution is -2.36. The summed E-state index contributed by atoms with van der Waals surface area (Å²) >= 11 is 1.20. The Morgan fingerprint density at radius 3 is 2.83 bits per heavy atom. The highest BCUT2D eigenvalue weighted by Gasteiger charge is 2.23. The molecule has 0 spiro atoms. The van der Waals surface area contributed by atoms with E-state index < -0.39 is 5.97 Å². The fourth-order valence-corrected chi connectivity index (χ4v) is 3.60. The molecule has 2 aromatic rings. The van der Waals surface area contributed by atoms with E-state index in [9.17, 15) is 14.4 Å². The van der Waals surface area contributed by atoms with Crippen LogP contribution in [0.15, 0.2) is 29.6 Å². The van der Waals surface area contributed by atoms with Gasteiger partial charge in [-0.25, -0.2) is 14.4 Å². The molecule has 1 aromatic heterocycles. The minimum atomic E-state index is -0.499. The Morgan fingerprint density at radius 1 is 1.24 bits per heavy atom. The molecule has 0 atom stereocenters. The number of anilines is 2. The molecule has 0 radical (unpaired) electrons. The number of thiophene rings is 1. The number of esters is 1. The number of carbonyl (C=O) groups is 3. The molecule has 0 unspecified atom stereocenters. The third-order valence-electron chi connectivity index (χ3n) is 4.20. The van der Waals surface area contributed by atoms with Crippen LogP contribution in [0.3, 0.4) is 0 Å². The number of carbonyl (C=O) groups excluding carboxylic acids is 3. The molecule has 0 saturated carbocycles. The number of methoxy groups -OCH3 is 1. The van der Waals surface area contributed by atoms with Crippen LogP contribution in [0.5, 0.6) is 5.75 Å². The van der Waals surface area contributed by atoms with Crippen molar-refractivity contribution in [3.05, 3.63) is 40.1 Å². The number of hydrogen-bond acceptors (Lipinski definition) is 6. The van der Waals surface area contributed by atoms with Gasteiger partial charge in [-0.05, 0) is 36.6 Å². The molecular formula is C19H22N4O5S. The molecule has 29 heavy (non-hydrogen) atoms. The first-order chi connectivity index (χ1) is 14.0. The lowest BCUT2D eigenvalue weighted by molar-refractivity contribution is 0.0607. The van der Waals surface area contributed by atoms with Gasteiger partial charge in [-0.15, -0.1) is 11.3 Å². The van der Waals surface area contributed by atoms with Crippen molar-refractivity contribution in [1.29, 1.82) is 0 Å².